The van der Waals surface area contributed by atoms with E-state index in [1.807, 2.05) is 38.1 Å². The van der Waals surface area contributed by atoms with Crippen LogP contribution in [0.5, 0.6) is 0 Å². The van der Waals surface area contributed by atoms with Crippen molar-refractivity contribution in [3.8, 4) is 5.69 Å². The first kappa shape index (κ1) is 20.6. The number of hydrogen-bond donors (Lipinski definition) is 1. The molecular weight excluding hydrogens is 402 g/mol. The molecule has 4 rings (SSSR count). The Balaban J connectivity index is 1.54. The molecule has 30 heavy (non-hydrogen) atoms. The van der Waals surface area contributed by atoms with Gasteiger partial charge in [-0.3, -0.25) is 14.2 Å². The van der Waals surface area contributed by atoms with Crippen molar-refractivity contribution < 1.29 is 9.53 Å². The van der Waals surface area contributed by atoms with E-state index in [0.29, 0.717) is 41.7 Å². The molecule has 2 aromatic heterocycles. The molecule has 0 saturated heterocycles. The van der Waals surface area contributed by atoms with Crippen molar-refractivity contribution in [1.29, 1.82) is 0 Å². The summed E-state index contributed by atoms with van der Waals surface area (Å²) in [5.74, 6) is 0.589. The summed E-state index contributed by atoms with van der Waals surface area (Å²) in [6, 6.07) is 7.71. The van der Waals surface area contributed by atoms with Gasteiger partial charge in [-0.1, -0.05) is 23.9 Å². The normalized spacial score (nSPS) is 15.5. The molecule has 9 heteroatoms. The van der Waals surface area contributed by atoms with Crippen LogP contribution in [0.4, 0.5) is 0 Å². The second kappa shape index (κ2) is 9.01. The van der Waals surface area contributed by atoms with Crippen molar-refractivity contribution in [3.05, 3.63) is 46.4 Å². The van der Waals surface area contributed by atoms with Gasteiger partial charge in [-0.15, -0.1) is 0 Å². The van der Waals surface area contributed by atoms with Crippen molar-refractivity contribution >= 4 is 28.7 Å². The fraction of sp³-hybridized carbons (Fsp3) is 0.429. The monoisotopic (exact) mass is 427 g/mol. The number of aryl methyl sites for hydroxylation is 1. The molecule has 1 aliphatic rings. The van der Waals surface area contributed by atoms with Crippen molar-refractivity contribution in [3.63, 3.8) is 0 Å². The van der Waals surface area contributed by atoms with E-state index in [4.69, 9.17) is 9.72 Å². The van der Waals surface area contributed by atoms with Crippen LogP contribution >= 0.6 is 11.8 Å². The lowest BCUT2D eigenvalue weighted by Crippen LogP contribution is -2.31. The third-order valence-electron chi connectivity index (χ3n) is 5.03. The minimum Gasteiger partial charge on any atom is -0.382 e. The van der Waals surface area contributed by atoms with Crippen molar-refractivity contribution in [2.45, 2.75) is 37.9 Å². The van der Waals surface area contributed by atoms with Crippen LogP contribution in [0, 0.1) is 6.92 Å². The van der Waals surface area contributed by atoms with Crippen LogP contribution in [-0.4, -0.2) is 50.8 Å². The van der Waals surface area contributed by atoms with Gasteiger partial charge in [0.15, 0.2) is 10.8 Å². The van der Waals surface area contributed by atoms with Crippen LogP contribution in [0.25, 0.3) is 16.7 Å². The fourth-order valence-electron chi connectivity index (χ4n) is 3.56. The molecule has 0 bridgehead atoms. The predicted octanol–water partition coefficient (Wildman–Crippen LogP) is 2.47. The highest BCUT2D eigenvalue weighted by Crippen LogP contribution is 2.33. The van der Waals surface area contributed by atoms with Crippen molar-refractivity contribution in [1.82, 2.24) is 24.6 Å². The molecule has 3 aromatic rings. The van der Waals surface area contributed by atoms with Gasteiger partial charge in [0.25, 0.3) is 5.56 Å². The van der Waals surface area contributed by atoms with Crippen LogP contribution in [0.3, 0.4) is 0 Å². The van der Waals surface area contributed by atoms with E-state index in [1.165, 1.54) is 11.8 Å². The second-order valence-electron chi connectivity index (χ2n) is 7.27. The van der Waals surface area contributed by atoms with Crippen molar-refractivity contribution in [2.75, 3.05) is 25.5 Å². The molecule has 0 aliphatic carbocycles. The maximum Gasteiger partial charge on any atom is 0.265 e. The summed E-state index contributed by atoms with van der Waals surface area (Å²) in [6.45, 7) is 5.83. The summed E-state index contributed by atoms with van der Waals surface area (Å²) in [4.78, 5) is 30.2. The Morgan fingerprint density at radius 1 is 1.40 bits per heavy atom. The van der Waals surface area contributed by atoms with Gasteiger partial charge in [0.05, 0.1) is 17.9 Å². The summed E-state index contributed by atoms with van der Waals surface area (Å²) in [5, 5.41) is 8.40. The quantitative estimate of drug-likeness (QED) is 0.439. The van der Waals surface area contributed by atoms with Gasteiger partial charge >= 0.3 is 0 Å². The molecule has 1 amide bonds. The summed E-state index contributed by atoms with van der Waals surface area (Å²) >= 11 is 1.50. The van der Waals surface area contributed by atoms with E-state index in [-0.39, 0.29) is 23.9 Å². The largest absolute Gasteiger partial charge is 0.382 e. The Kier molecular flexibility index (Phi) is 6.19. The second-order valence-corrected chi connectivity index (χ2v) is 8.26. The molecule has 1 atom stereocenters. The standard InChI is InChI=1S/C21H25N5O3S/c1-3-29-9-5-8-22-18(27)11-16-13-30-21-24-19-17(20(28)25(16)21)12-23-26(19)15-7-4-6-14(2)10-15/h4,6-7,10,12,16H,3,5,8-9,11,13H2,1-2H3,(H,22,27). The first-order valence-corrected chi connectivity index (χ1v) is 11.1. The molecule has 8 nitrogen and oxygen atoms in total. The number of fused-ring (bicyclic) bond motifs is 2. The summed E-state index contributed by atoms with van der Waals surface area (Å²) in [6.07, 6.45) is 2.59. The van der Waals surface area contributed by atoms with Gasteiger partial charge in [-0.2, -0.15) is 5.10 Å². The predicted molar refractivity (Wildman–Crippen MR) is 116 cm³/mol. The Morgan fingerprint density at radius 3 is 3.07 bits per heavy atom. The maximum atomic E-state index is 13.2. The first-order chi connectivity index (χ1) is 14.6. The highest BCUT2D eigenvalue weighted by molar-refractivity contribution is 7.99. The van der Waals surface area contributed by atoms with E-state index < -0.39 is 0 Å². The number of ether oxygens (including phenoxy) is 1. The number of amides is 1. The highest BCUT2D eigenvalue weighted by Gasteiger charge is 2.29. The van der Waals surface area contributed by atoms with E-state index >= 15 is 0 Å². The summed E-state index contributed by atoms with van der Waals surface area (Å²) in [5.41, 5.74) is 2.38. The zero-order valence-corrected chi connectivity index (χ0v) is 17.9. The highest BCUT2D eigenvalue weighted by atomic mass is 32.2. The minimum absolute atomic E-state index is 0.0626. The third-order valence-corrected chi connectivity index (χ3v) is 6.13. The molecule has 158 valence electrons. The van der Waals surface area contributed by atoms with Gasteiger partial charge in [-0.25, -0.2) is 9.67 Å². The number of nitrogens with zero attached hydrogens (tertiary/aromatic N) is 4. The Morgan fingerprint density at radius 2 is 2.27 bits per heavy atom. The first-order valence-electron chi connectivity index (χ1n) is 10.1. The Bertz CT molecular complexity index is 1120. The molecule has 0 fully saturated rings. The number of carbonyl (C=O) groups excluding carboxylic acids is 1. The minimum atomic E-state index is -0.205. The molecule has 0 radical (unpaired) electrons. The third kappa shape index (κ3) is 4.13. The van der Waals surface area contributed by atoms with Gasteiger partial charge < -0.3 is 10.1 Å². The molecule has 1 aliphatic heterocycles. The van der Waals surface area contributed by atoms with Gasteiger partial charge in [0.1, 0.15) is 5.39 Å². The summed E-state index contributed by atoms with van der Waals surface area (Å²) in [7, 11) is 0. The Labute approximate surface area is 178 Å². The van der Waals surface area contributed by atoms with E-state index in [2.05, 4.69) is 10.4 Å². The molecular formula is C21H25N5O3S. The number of hydrogen-bond acceptors (Lipinski definition) is 6. The molecule has 1 aromatic carbocycles. The summed E-state index contributed by atoms with van der Waals surface area (Å²) < 4.78 is 8.62. The number of thioether (sulfide) groups is 1. The number of aromatic nitrogens is 4. The number of benzene rings is 1. The molecule has 1 unspecified atom stereocenters. The fourth-order valence-corrected chi connectivity index (χ4v) is 4.69. The molecule has 1 N–H and O–H groups in total. The zero-order chi connectivity index (χ0) is 21.1. The van der Waals surface area contributed by atoms with Gasteiger partial charge in [0.2, 0.25) is 5.91 Å². The van der Waals surface area contributed by atoms with E-state index in [0.717, 1.165) is 17.7 Å². The van der Waals surface area contributed by atoms with Gasteiger partial charge in [-0.05, 0) is 38.0 Å². The number of rotatable bonds is 8. The number of carbonyl (C=O) groups is 1. The van der Waals surface area contributed by atoms with Crippen molar-refractivity contribution in [2.24, 2.45) is 0 Å². The SMILES string of the molecule is CCOCCCNC(=O)CC1CSc2nc3c(cnn3-c3cccc(C)c3)c(=O)n21. The molecule has 3 heterocycles. The zero-order valence-electron chi connectivity index (χ0n) is 17.1. The average Bonchev–Trinajstić information content (AvgIpc) is 3.33. The van der Waals surface area contributed by atoms with Crippen LogP contribution in [-0.2, 0) is 9.53 Å². The smallest absolute Gasteiger partial charge is 0.265 e. The van der Waals surface area contributed by atoms with Crippen LogP contribution < -0.4 is 10.9 Å². The Hall–Kier alpha value is -2.65. The van der Waals surface area contributed by atoms with Crippen LogP contribution in [0.15, 0.2) is 40.4 Å². The lowest BCUT2D eigenvalue weighted by molar-refractivity contribution is -0.121. The lowest BCUT2D eigenvalue weighted by atomic mass is 10.2. The van der Waals surface area contributed by atoms with Crippen LogP contribution in [0.2, 0.25) is 0 Å². The average molecular weight is 428 g/mol. The van der Waals surface area contributed by atoms with E-state index in [9.17, 15) is 9.59 Å². The number of nitrogens with one attached hydrogen (secondary N) is 1. The maximum absolute atomic E-state index is 13.2. The lowest BCUT2D eigenvalue weighted by Gasteiger charge is -2.13. The molecule has 0 spiro atoms. The van der Waals surface area contributed by atoms with E-state index in [1.54, 1.807) is 15.4 Å². The topological polar surface area (TPSA) is 91.0 Å². The van der Waals surface area contributed by atoms with Crippen LogP contribution in [0.1, 0.15) is 31.4 Å². The molecule has 0 saturated carbocycles. The van der Waals surface area contributed by atoms with Gasteiger partial charge in [0, 0.05) is 31.9 Å².